The molecule has 0 unspecified atom stereocenters. The third-order valence-corrected chi connectivity index (χ3v) is 1.68. The molecule has 0 aromatic rings. The topological polar surface area (TPSA) is 60.8 Å². The summed E-state index contributed by atoms with van der Waals surface area (Å²) < 4.78 is 0. The van der Waals surface area contributed by atoms with Crippen molar-refractivity contribution in [2.24, 2.45) is 11.0 Å². The molecule has 2 atom stereocenters. The lowest BCUT2D eigenvalue weighted by Crippen LogP contribution is -2.12. The molecule has 0 radical (unpaired) electrons. The summed E-state index contributed by atoms with van der Waals surface area (Å²) in [6.45, 7) is 3.90. The molecule has 0 bridgehead atoms. The van der Waals surface area contributed by atoms with Gasteiger partial charge in [0, 0.05) is 11.5 Å². The summed E-state index contributed by atoms with van der Waals surface area (Å²) in [5, 5.41) is 6.76. The number of hydrogen-bond donors (Lipinski definition) is 1. The van der Waals surface area contributed by atoms with Crippen molar-refractivity contribution in [1.29, 1.82) is 0 Å². The zero-order valence-corrected chi connectivity index (χ0v) is 5.41. The van der Waals surface area contributed by atoms with Gasteiger partial charge in [0.2, 0.25) is 0 Å². The first-order valence-electron chi connectivity index (χ1n) is 3.09. The molecule has 0 aromatic carbocycles. The Labute approximate surface area is 53.9 Å². The normalized spacial score (nSPS) is 33.9. The van der Waals surface area contributed by atoms with Gasteiger partial charge in [-0.25, -0.2) is 0 Å². The third kappa shape index (κ3) is 1.34. The highest BCUT2D eigenvalue weighted by Crippen LogP contribution is 2.10. The van der Waals surface area contributed by atoms with Gasteiger partial charge in [-0.05, 0) is 18.0 Å². The van der Waals surface area contributed by atoms with E-state index in [1.165, 1.54) is 0 Å². The summed E-state index contributed by atoms with van der Waals surface area (Å²) in [6.07, 6.45) is 0. The lowest BCUT2D eigenvalue weighted by molar-refractivity contribution is 0.563. The third-order valence-electron chi connectivity index (χ3n) is 1.68. The molecule has 0 spiro atoms. The van der Waals surface area contributed by atoms with Crippen LogP contribution in [0.3, 0.4) is 0 Å². The van der Waals surface area contributed by atoms with Gasteiger partial charge in [0.05, 0.1) is 6.04 Å². The Morgan fingerprint density at radius 3 is 2.89 bits per heavy atom. The quantitative estimate of drug-likeness (QED) is 0.317. The maximum absolute atomic E-state index is 8.07. The van der Waals surface area contributed by atoms with Crippen LogP contribution in [0.4, 0.5) is 0 Å². The van der Waals surface area contributed by atoms with E-state index in [0.29, 0.717) is 5.92 Å². The van der Waals surface area contributed by atoms with Crippen LogP contribution in [0.2, 0.25) is 0 Å². The molecule has 9 heavy (non-hydrogen) atoms. The van der Waals surface area contributed by atoms with Crippen molar-refractivity contribution in [1.82, 2.24) is 5.32 Å². The fraction of sp³-hybridized carbons (Fsp3) is 1.00. The first-order chi connectivity index (χ1) is 4.34. The number of nitrogens with one attached hydrogen (secondary N) is 1. The van der Waals surface area contributed by atoms with Crippen molar-refractivity contribution in [3.63, 3.8) is 0 Å². The molecule has 1 rings (SSSR count). The predicted molar refractivity (Wildman–Crippen MR) is 35.0 cm³/mol. The van der Waals surface area contributed by atoms with Gasteiger partial charge in [-0.15, -0.1) is 0 Å². The minimum absolute atomic E-state index is 0.176. The Kier molecular flexibility index (Phi) is 1.92. The molecule has 4 heteroatoms. The van der Waals surface area contributed by atoms with Gasteiger partial charge in [-0.3, -0.25) is 0 Å². The van der Waals surface area contributed by atoms with Crippen LogP contribution in [-0.4, -0.2) is 19.1 Å². The second-order valence-electron chi connectivity index (χ2n) is 2.41. The fourth-order valence-corrected chi connectivity index (χ4v) is 1.02. The molecular formula is C5H10N4. The van der Waals surface area contributed by atoms with Gasteiger partial charge in [-0.2, -0.15) is 0 Å². The molecule has 0 aliphatic carbocycles. The van der Waals surface area contributed by atoms with Crippen LogP contribution in [0.15, 0.2) is 5.11 Å². The first-order valence-corrected chi connectivity index (χ1v) is 3.09. The van der Waals surface area contributed by atoms with E-state index in [4.69, 9.17) is 5.53 Å². The van der Waals surface area contributed by atoms with Gasteiger partial charge in [0.15, 0.2) is 0 Å². The van der Waals surface area contributed by atoms with Crippen molar-refractivity contribution >= 4 is 0 Å². The zero-order chi connectivity index (χ0) is 6.69. The lowest BCUT2D eigenvalue weighted by atomic mass is 10.1. The van der Waals surface area contributed by atoms with Gasteiger partial charge >= 0.3 is 0 Å². The molecule has 0 saturated carbocycles. The molecule has 4 nitrogen and oxygen atoms in total. The number of nitrogens with zero attached hydrogens (tertiary/aromatic N) is 3. The molecular weight excluding hydrogens is 116 g/mol. The number of hydrogen-bond acceptors (Lipinski definition) is 2. The second-order valence-corrected chi connectivity index (χ2v) is 2.41. The summed E-state index contributed by atoms with van der Waals surface area (Å²) in [5.74, 6) is 0.501. The fourth-order valence-electron chi connectivity index (χ4n) is 1.02. The maximum Gasteiger partial charge on any atom is 0.0536 e. The maximum atomic E-state index is 8.07. The molecule has 0 amide bonds. The van der Waals surface area contributed by atoms with Crippen molar-refractivity contribution in [3.8, 4) is 0 Å². The SMILES string of the molecule is C[C@@H]1CNC[C@@H]1N=[N+]=[N-]. The minimum atomic E-state index is 0.176. The highest BCUT2D eigenvalue weighted by atomic mass is 15.2. The molecule has 50 valence electrons. The molecule has 0 aromatic heterocycles. The Bertz CT molecular complexity index is 138. The molecule has 1 saturated heterocycles. The molecule has 1 fully saturated rings. The van der Waals surface area contributed by atoms with Gasteiger partial charge < -0.3 is 5.32 Å². The van der Waals surface area contributed by atoms with E-state index < -0.39 is 0 Å². The standard InChI is InChI=1S/C5H10N4/c1-4-2-7-3-5(4)8-9-6/h4-5,7H,2-3H2,1H3/t4-,5+/m1/s1. The molecule has 1 heterocycles. The minimum Gasteiger partial charge on any atom is -0.316 e. The second kappa shape index (κ2) is 2.71. The lowest BCUT2D eigenvalue weighted by Gasteiger charge is -2.03. The van der Waals surface area contributed by atoms with E-state index in [1.807, 2.05) is 0 Å². The van der Waals surface area contributed by atoms with Gasteiger partial charge in [0.1, 0.15) is 0 Å². The van der Waals surface area contributed by atoms with Crippen LogP contribution < -0.4 is 5.32 Å². The van der Waals surface area contributed by atoms with Crippen molar-refractivity contribution < 1.29 is 0 Å². The highest BCUT2D eigenvalue weighted by Gasteiger charge is 2.20. The van der Waals surface area contributed by atoms with Crippen molar-refractivity contribution in [2.45, 2.75) is 13.0 Å². The van der Waals surface area contributed by atoms with E-state index in [-0.39, 0.29) is 6.04 Å². The van der Waals surface area contributed by atoms with Gasteiger partial charge in [0.25, 0.3) is 0 Å². The summed E-state index contributed by atoms with van der Waals surface area (Å²) in [4.78, 5) is 2.75. The molecule has 1 N–H and O–H groups in total. The zero-order valence-electron chi connectivity index (χ0n) is 5.41. The van der Waals surface area contributed by atoms with E-state index in [0.717, 1.165) is 13.1 Å². The van der Waals surface area contributed by atoms with Crippen LogP contribution in [0.1, 0.15) is 6.92 Å². The Hall–Kier alpha value is -0.730. The highest BCUT2D eigenvalue weighted by molar-refractivity contribution is 4.83. The van der Waals surface area contributed by atoms with Crippen LogP contribution in [0.5, 0.6) is 0 Å². The summed E-state index contributed by atoms with van der Waals surface area (Å²) >= 11 is 0. The number of azide groups is 1. The smallest absolute Gasteiger partial charge is 0.0536 e. The monoisotopic (exact) mass is 126 g/mol. The summed E-state index contributed by atoms with van der Waals surface area (Å²) in [7, 11) is 0. The summed E-state index contributed by atoms with van der Waals surface area (Å²) in [5.41, 5.74) is 8.07. The van der Waals surface area contributed by atoms with E-state index >= 15 is 0 Å². The van der Waals surface area contributed by atoms with Crippen LogP contribution >= 0.6 is 0 Å². The van der Waals surface area contributed by atoms with Crippen LogP contribution in [0, 0.1) is 5.92 Å². The average molecular weight is 126 g/mol. The molecule has 1 aliphatic heterocycles. The average Bonchev–Trinajstić information content (AvgIpc) is 2.18. The van der Waals surface area contributed by atoms with Gasteiger partial charge in [-0.1, -0.05) is 12.0 Å². The first kappa shape index (κ1) is 6.39. The predicted octanol–water partition coefficient (Wildman–Crippen LogP) is 0.905. The van der Waals surface area contributed by atoms with Crippen molar-refractivity contribution in [2.75, 3.05) is 13.1 Å². The Morgan fingerprint density at radius 2 is 2.44 bits per heavy atom. The molecule has 1 aliphatic rings. The number of rotatable bonds is 1. The van der Waals surface area contributed by atoms with Crippen LogP contribution in [-0.2, 0) is 0 Å². The Balaban J connectivity index is 2.49. The largest absolute Gasteiger partial charge is 0.316 e. The van der Waals surface area contributed by atoms with E-state index in [2.05, 4.69) is 22.3 Å². The van der Waals surface area contributed by atoms with E-state index in [1.54, 1.807) is 0 Å². The van der Waals surface area contributed by atoms with Crippen molar-refractivity contribution in [3.05, 3.63) is 10.4 Å². The van der Waals surface area contributed by atoms with E-state index in [9.17, 15) is 0 Å². The van der Waals surface area contributed by atoms with Crippen LogP contribution in [0.25, 0.3) is 10.4 Å². The summed E-state index contributed by atoms with van der Waals surface area (Å²) in [6, 6.07) is 0.176. The Morgan fingerprint density at radius 1 is 1.67 bits per heavy atom.